The minimum absolute atomic E-state index is 0.430. The van der Waals surface area contributed by atoms with Crippen molar-refractivity contribution in [3.05, 3.63) is 42.0 Å². The van der Waals surface area contributed by atoms with Gasteiger partial charge in [0.25, 0.3) is 0 Å². The molecule has 0 aliphatic rings. The topological polar surface area (TPSA) is 85.6 Å². The number of hydrogen-bond donors (Lipinski definition) is 3. The number of benzene rings is 2. The summed E-state index contributed by atoms with van der Waals surface area (Å²) in [5, 5.41) is 5.44. The number of ether oxygens (including phenoxy) is 2. The minimum atomic E-state index is -0.430. The van der Waals surface area contributed by atoms with Gasteiger partial charge in [-0.05, 0) is 36.8 Å². The zero-order valence-corrected chi connectivity index (χ0v) is 12.8. The third kappa shape index (κ3) is 3.41. The third-order valence-electron chi connectivity index (χ3n) is 3.12. The third-order valence-corrected chi connectivity index (χ3v) is 3.12. The maximum Gasteiger partial charge on any atom is 0.323 e. The molecule has 0 radical (unpaired) electrons. The van der Waals surface area contributed by atoms with Crippen molar-refractivity contribution in [1.29, 1.82) is 0 Å². The Morgan fingerprint density at radius 1 is 1.05 bits per heavy atom. The van der Waals surface area contributed by atoms with Crippen LogP contribution in [-0.2, 0) is 0 Å². The van der Waals surface area contributed by atoms with Gasteiger partial charge in [-0.1, -0.05) is 12.1 Å². The van der Waals surface area contributed by atoms with Gasteiger partial charge in [0.1, 0.15) is 17.2 Å². The normalized spacial score (nSPS) is 9.95. The number of urea groups is 1. The van der Waals surface area contributed by atoms with Crippen LogP contribution in [0.4, 0.5) is 21.9 Å². The lowest BCUT2D eigenvalue weighted by molar-refractivity contribution is 0.262. The number of anilines is 3. The smallest absolute Gasteiger partial charge is 0.323 e. The summed E-state index contributed by atoms with van der Waals surface area (Å²) in [5.74, 6) is 1.01. The average Bonchev–Trinajstić information content (AvgIpc) is 2.51. The molecule has 0 unspecified atom stereocenters. The number of hydrogen-bond acceptors (Lipinski definition) is 4. The van der Waals surface area contributed by atoms with Gasteiger partial charge in [0, 0.05) is 0 Å². The molecule has 0 atom stereocenters. The Bertz CT molecular complexity index is 664. The zero-order valence-electron chi connectivity index (χ0n) is 12.8. The molecule has 0 aromatic heterocycles. The quantitative estimate of drug-likeness (QED) is 0.757. The lowest BCUT2D eigenvalue weighted by Gasteiger charge is -2.15. The fourth-order valence-electron chi connectivity index (χ4n) is 2.02. The van der Waals surface area contributed by atoms with Gasteiger partial charge >= 0.3 is 6.03 Å². The highest BCUT2D eigenvalue weighted by molar-refractivity contribution is 6.03. The van der Waals surface area contributed by atoms with Crippen molar-refractivity contribution < 1.29 is 14.3 Å². The minimum Gasteiger partial charge on any atom is -0.494 e. The van der Waals surface area contributed by atoms with Gasteiger partial charge in [0.2, 0.25) is 0 Å². The van der Waals surface area contributed by atoms with Gasteiger partial charge in [0.15, 0.2) is 0 Å². The zero-order chi connectivity index (χ0) is 16.1. The maximum absolute atomic E-state index is 12.2. The molecule has 2 amide bonds. The van der Waals surface area contributed by atoms with Gasteiger partial charge in [0.05, 0.1) is 25.6 Å². The number of aryl methyl sites for hydroxylation is 1. The molecule has 6 nitrogen and oxygen atoms in total. The number of methoxy groups -OCH3 is 2. The van der Waals surface area contributed by atoms with E-state index in [-0.39, 0.29) is 0 Å². The lowest BCUT2D eigenvalue weighted by atomic mass is 10.2. The lowest BCUT2D eigenvalue weighted by Crippen LogP contribution is -2.21. The molecule has 0 fully saturated rings. The fourth-order valence-corrected chi connectivity index (χ4v) is 2.02. The molecule has 2 aromatic rings. The number of para-hydroxylation sites is 1. The van der Waals surface area contributed by atoms with E-state index < -0.39 is 6.03 Å². The van der Waals surface area contributed by atoms with Gasteiger partial charge in [-0.15, -0.1) is 0 Å². The van der Waals surface area contributed by atoms with Crippen LogP contribution in [0.2, 0.25) is 0 Å². The van der Waals surface area contributed by atoms with Crippen LogP contribution in [0.1, 0.15) is 5.56 Å². The van der Waals surface area contributed by atoms with Crippen molar-refractivity contribution in [2.75, 3.05) is 30.6 Å². The van der Waals surface area contributed by atoms with Gasteiger partial charge in [-0.2, -0.15) is 0 Å². The first-order chi connectivity index (χ1) is 10.5. The second-order valence-corrected chi connectivity index (χ2v) is 4.71. The molecule has 6 heteroatoms. The Morgan fingerprint density at radius 3 is 2.27 bits per heavy atom. The van der Waals surface area contributed by atoms with Crippen LogP contribution in [0.15, 0.2) is 36.4 Å². The average molecular weight is 301 g/mol. The summed E-state index contributed by atoms with van der Waals surface area (Å²) in [5.41, 5.74) is 8.35. The standard InChI is InChI=1S/C16H19N3O3/c1-10-7-8-11(17)12(9-10)18-16(20)19-15-13(21-2)5-4-6-14(15)22-3/h4-9H,17H2,1-3H3,(H2,18,19,20). The Kier molecular flexibility index (Phi) is 4.73. The van der Waals surface area contributed by atoms with Gasteiger partial charge < -0.3 is 25.8 Å². The van der Waals surface area contributed by atoms with Gasteiger partial charge in [-0.3, -0.25) is 0 Å². The highest BCUT2D eigenvalue weighted by atomic mass is 16.5. The van der Waals surface area contributed by atoms with Crippen LogP contribution >= 0.6 is 0 Å². The molecule has 0 saturated heterocycles. The monoisotopic (exact) mass is 301 g/mol. The molecule has 2 rings (SSSR count). The molecule has 0 spiro atoms. The number of rotatable bonds is 4. The Labute approximate surface area is 129 Å². The van der Waals surface area contributed by atoms with E-state index in [1.54, 1.807) is 30.3 Å². The molecule has 0 aliphatic carbocycles. The highest BCUT2D eigenvalue weighted by Gasteiger charge is 2.13. The largest absolute Gasteiger partial charge is 0.494 e. The Hall–Kier alpha value is -2.89. The Morgan fingerprint density at radius 2 is 1.68 bits per heavy atom. The molecule has 2 aromatic carbocycles. The molecule has 116 valence electrons. The van der Waals surface area contributed by atoms with Crippen molar-refractivity contribution in [1.82, 2.24) is 0 Å². The number of amides is 2. The first kappa shape index (κ1) is 15.5. The second-order valence-electron chi connectivity index (χ2n) is 4.71. The summed E-state index contributed by atoms with van der Waals surface area (Å²) in [6.45, 7) is 1.92. The van der Waals surface area contributed by atoms with Crippen LogP contribution in [0.25, 0.3) is 0 Å². The molecule has 4 N–H and O–H groups in total. The van der Waals surface area contributed by atoms with E-state index in [0.717, 1.165) is 5.56 Å². The fraction of sp³-hybridized carbons (Fsp3) is 0.188. The van der Waals surface area contributed by atoms with Crippen LogP contribution < -0.4 is 25.8 Å². The Balaban J connectivity index is 2.20. The van der Waals surface area contributed by atoms with Crippen LogP contribution in [-0.4, -0.2) is 20.3 Å². The van der Waals surface area contributed by atoms with E-state index >= 15 is 0 Å². The second kappa shape index (κ2) is 6.71. The maximum atomic E-state index is 12.2. The van der Waals surface area contributed by atoms with Crippen molar-refractivity contribution in [3.63, 3.8) is 0 Å². The van der Waals surface area contributed by atoms with Crippen molar-refractivity contribution in [2.24, 2.45) is 0 Å². The van der Waals surface area contributed by atoms with Crippen molar-refractivity contribution in [2.45, 2.75) is 6.92 Å². The first-order valence-corrected chi connectivity index (χ1v) is 6.70. The molecule has 0 saturated carbocycles. The summed E-state index contributed by atoms with van der Waals surface area (Å²) in [4.78, 5) is 12.2. The molecular formula is C16H19N3O3. The van der Waals surface area contributed by atoms with Crippen molar-refractivity contribution in [3.8, 4) is 11.5 Å². The summed E-state index contributed by atoms with van der Waals surface area (Å²) in [7, 11) is 3.05. The van der Waals surface area contributed by atoms with E-state index in [9.17, 15) is 4.79 Å². The predicted molar refractivity (Wildman–Crippen MR) is 87.8 cm³/mol. The number of carbonyl (C=O) groups excluding carboxylic acids is 1. The summed E-state index contributed by atoms with van der Waals surface area (Å²) < 4.78 is 10.5. The highest BCUT2D eigenvalue weighted by Crippen LogP contribution is 2.34. The molecule has 0 heterocycles. The summed E-state index contributed by atoms with van der Waals surface area (Å²) in [6.07, 6.45) is 0. The van der Waals surface area contributed by atoms with E-state index in [1.807, 2.05) is 13.0 Å². The van der Waals surface area contributed by atoms with E-state index in [1.165, 1.54) is 14.2 Å². The van der Waals surface area contributed by atoms with Crippen LogP contribution in [0.5, 0.6) is 11.5 Å². The van der Waals surface area contributed by atoms with Crippen LogP contribution in [0, 0.1) is 6.92 Å². The van der Waals surface area contributed by atoms with E-state index in [4.69, 9.17) is 15.2 Å². The molecule has 0 aliphatic heterocycles. The molecular weight excluding hydrogens is 282 g/mol. The SMILES string of the molecule is COc1cccc(OC)c1NC(=O)Nc1cc(C)ccc1N. The molecule has 22 heavy (non-hydrogen) atoms. The summed E-state index contributed by atoms with van der Waals surface area (Å²) >= 11 is 0. The summed E-state index contributed by atoms with van der Waals surface area (Å²) in [6, 6.07) is 10.2. The van der Waals surface area contributed by atoms with E-state index in [2.05, 4.69) is 10.6 Å². The van der Waals surface area contributed by atoms with Crippen molar-refractivity contribution >= 4 is 23.1 Å². The number of carbonyl (C=O) groups is 1. The first-order valence-electron chi connectivity index (χ1n) is 6.70. The van der Waals surface area contributed by atoms with Gasteiger partial charge in [-0.25, -0.2) is 4.79 Å². The predicted octanol–water partition coefficient (Wildman–Crippen LogP) is 3.24. The number of nitrogens with two attached hydrogens (primary N) is 1. The van der Waals surface area contributed by atoms with E-state index in [0.29, 0.717) is 28.6 Å². The number of nitrogen functional groups attached to an aromatic ring is 1. The molecule has 0 bridgehead atoms. The van der Waals surface area contributed by atoms with Crippen LogP contribution in [0.3, 0.4) is 0 Å². The number of nitrogens with one attached hydrogen (secondary N) is 2.